The van der Waals surface area contributed by atoms with E-state index in [1.165, 1.54) is 6.07 Å². The number of fused-ring (bicyclic) bond motifs is 3. The highest BCUT2D eigenvalue weighted by atomic mass is 35.5. The van der Waals surface area contributed by atoms with Crippen molar-refractivity contribution in [2.45, 2.75) is 24.9 Å². The molecule has 0 saturated carbocycles. The van der Waals surface area contributed by atoms with Gasteiger partial charge >= 0.3 is 12.4 Å². The number of carbonyl (C=O) groups is 2. The van der Waals surface area contributed by atoms with Crippen molar-refractivity contribution in [2.24, 2.45) is 0 Å². The van der Waals surface area contributed by atoms with Gasteiger partial charge in [0.05, 0.1) is 28.1 Å². The van der Waals surface area contributed by atoms with Gasteiger partial charge in [0.1, 0.15) is 18.2 Å². The Morgan fingerprint density at radius 1 is 1.00 bits per heavy atom. The van der Waals surface area contributed by atoms with Gasteiger partial charge in [0.2, 0.25) is 5.91 Å². The molecule has 42 heavy (non-hydrogen) atoms. The summed E-state index contributed by atoms with van der Waals surface area (Å²) in [6, 6.07) is 3.85. The molecule has 2 heterocycles. The third-order valence-corrected chi connectivity index (χ3v) is 7.39. The molecule has 0 fully saturated rings. The summed E-state index contributed by atoms with van der Waals surface area (Å²) in [7, 11) is 3.13. The van der Waals surface area contributed by atoms with Crippen LogP contribution in [0.1, 0.15) is 43.4 Å². The number of aromatic nitrogens is 2. The van der Waals surface area contributed by atoms with Crippen LogP contribution in [0.3, 0.4) is 0 Å². The van der Waals surface area contributed by atoms with Gasteiger partial charge in [-0.25, -0.2) is 8.78 Å². The van der Waals surface area contributed by atoms with Gasteiger partial charge in [-0.05, 0) is 48.0 Å². The van der Waals surface area contributed by atoms with Gasteiger partial charge in [-0.3, -0.25) is 14.3 Å². The van der Waals surface area contributed by atoms with Gasteiger partial charge in [0, 0.05) is 21.8 Å². The Morgan fingerprint density at radius 3 is 2.33 bits per heavy atom. The van der Waals surface area contributed by atoms with Crippen molar-refractivity contribution in [1.82, 2.24) is 14.3 Å². The van der Waals surface area contributed by atoms with Gasteiger partial charge in [-0.1, -0.05) is 23.2 Å². The SMILES string of the molecule is O=C(Nc1cc2c(c(Cl)nn2CC(F)(F)F)c2c1[C@@H](c1cc(F)ccc1Cl)N([Si])C2=O)c1cc(F)cc(C(F)(F)F)c1. The molecule has 1 aliphatic heterocycles. The van der Waals surface area contributed by atoms with Crippen LogP contribution in [0.25, 0.3) is 10.9 Å². The zero-order valence-electron chi connectivity index (χ0n) is 20.3. The van der Waals surface area contributed by atoms with Crippen molar-refractivity contribution in [2.75, 3.05) is 5.32 Å². The number of alkyl halides is 6. The second kappa shape index (κ2) is 10.2. The van der Waals surface area contributed by atoms with Gasteiger partial charge in [-0.2, -0.15) is 31.4 Å². The quantitative estimate of drug-likeness (QED) is 0.190. The van der Waals surface area contributed by atoms with Crippen LogP contribution in [0.2, 0.25) is 10.2 Å². The van der Waals surface area contributed by atoms with Crippen molar-refractivity contribution in [3.63, 3.8) is 0 Å². The molecule has 6 nitrogen and oxygen atoms in total. The van der Waals surface area contributed by atoms with Gasteiger partial charge in [-0.15, -0.1) is 0 Å². The van der Waals surface area contributed by atoms with Crippen molar-refractivity contribution in [3.05, 3.63) is 92.1 Å². The monoisotopic (exact) mass is 649 g/mol. The van der Waals surface area contributed by atoms with Crippen LogP contribution in [-0.2, 0) is 12.7 Å². The lowest BCUT2D eigenvalue weighted by molar-refractivity contribution is -0.142. The van der Waals surface area contributed by atoms with E-state index in [0.717, 1.165) is 22.8 Å². The fourth-order valence-corrected chi connectivity index (χ4v) is 5.55. The summed E-state index contributed by atoms with van der Waals surface area (Å²) in [5.74, 6) is -4.38. The predicted octanol–water partition coefficient (Wildman–Crippen LogP) is 7.08. The van der Waals surface area contributed by atoms with E-state index in [-0.39, 0.29) is 44.4 Å². The summed E-state index contributed by atoms with van der Waals surface area (Å²) in [4.78, 5) is 26.6. The molecule has 0 bridgehead atoms. The summed E-state index contributed by atoms with van der Waals surface area (Å²) in [6.07, 6.45) is -9.82. The summed E-state index contributed by atoms with van der Waals surface area (Å²) in [5, 5.41) is 5.11. The highest BCUT2D eigenvalue weighted by Crippen LogP contribution is 2.48. The zero-order valence-corrected chi connectivity index (χ0v) is 22.8. The molecular weight excluding hydrogens is 639 g/mol. The van der Waals surface area contributed by atoms with E-state index in [4.69, 9.17) is 23.2 Å². The van der Waals surface area contributed by atoms with Gasteiger partial charge in [0.25, 0.3) is 5.91 Å². The highest BCUT2D eigenvalue weighted by molar-refractivity contribution is 6.37. The molecule has 0 saturated heterocycles. The van der Waals surface area contributed by atoms with E-state index < -0.39 is 64.7 Å². The lowest BCUT2D eigenvalue weighted by atomic mass is 9.94. The zero-order chi connectivity index (χ0) is 30.9. The van der Waals surface area contributed by atoms with E-state index in [1.54, 1.807) is 0 Å². The third-order valence-electron chi connectivity index (χ3n) is 6.32. The van der Waals surface area contributed by atoms with E-state index in [9.17, 15) is 44.7 Å². The molecule has 0 unspecified atom stereocenters. The minimum absolute atomic E-state index is 0.0301. The number of hydrogen-bond acceptors (Lipinski definition) is 3. The fraction of sp³-hybridized carbons (Fsp3) is 0.160. The Morgan fingerprint density at radius 2 is 1.69 bits per heavy atom. The van der Waals surface area contributed by atoms with Crippen LogP contribution in [0.15, 0.2) is 42.5 Å². The molecule has 1 aromatic heterocycles. The summed E-state index contributed by atoms with van der Waals surface area (Å²) >= 11 is 12.5. The second-order valence-electron chi connectivity index (χ2n) is 9.09. The van der Waals surface area contributed by atoms with Crippen LogP contribution in [0.5, 0.6) is 0 Å². The molecule has 1 atom stereocenters. The number of amides is 2. The lowest BCUT2D eigenvalue weighted by Gasteiger charge is -2.24. The Kier molecular flexibility index (Phi) is 7.26. The molecule has 1 N–H and O–H groups in total. The molecule has 5 rings (SSSR count). The number of halogens is 10. The Hall–Kier alpha value is -3.69. The Bertz CT molecular complexity index is 1790. The normalized spacial score (nSPS) is 15.5. The van der Waals surface area contributed by atoms with Gasteiger partial charge < -0.3 is 9.88 Å². The molecule has 217 valence electrons. The molecule has 3 radical (unpaired) electrons. The maximum atomic E-state index is 14.3. The lowest BCUT2D eigenvalue weighted by Crippen LogP contribution is -2.26. The number of hydrogen-bond donors (Lipinski definition) is 1. The van der Waals surface area contributed by atoms with E-state index in [0.29, 0.717) is 16.8 Å². The first-order chi connectivity index (χ1) is 19.5. The Balaban J connectivity index is 1.77. The van der Waals surface area contributed by atoms with E-state index in [2.05, 4.69) is 20.8 Å². The van der Waals surface area contributed by atoms with Crippen molar-refractivity contribution < 1.29 is 44.7 Å². The largest absolute Gasteiger partial charge is 0.416 e. The first-order valence-electron chi connectivity index (χ1n) is 11.4. The number of nitrogens with zero attached hydrogens (tertiary/aromatic N) is 3. The Labute approximate surface area is 243 Å². The smallest absolute Gasteiger partial charge is 0.356 e. The minimum atomic E-state index is -5.01. The van der Waals surface area contributed by atoms with Crippen LogP contribution in [-0.4, -0.2) is 42.7 Å². The average molecular weight is 650 g/mol. The standard InChI is InChI=1S/C25H11Cl2F8N4O2Si/c26-14-2-1-11(28)6-13(14)20-17-15(36-22(40)9-3-10(25(33,34)35)5-12(29)4-9)7-16-18(19(17)23(41)39(20)42)21(27)37-38(16)8-24(30,31)32/h1-7,20H,8H2,(H,36,40)/t20-/m1/s1. The molecule has 3 aromatic carbocycles. The summed E-state index contributed by atoms with van der Waals surface area (Å²) in [6.45, 7) is -1.66. The van der Waals surface area contributed by atoms with Crippen LogP contribution in [0.4, 0.5) is 40.8 Å². The van der Waals surface area contributed by atoms with Crippen LogP contribution in [0, 0.1) is 11.6 Å². The number of rotatable bonds is 4. The molecule has 17 heteroatoms. The maximum Gasteiger partial charge on any atom is 0.416 e. The van der Waals surface area contributed by atoms with Gasteiger partial charge in [0.15, 0.2) is 15.6 Å². The highest BCUT2D eigenvalue weighted by Gasteiger charge is 2.42. The summed E-state index contributed by atoms with van der Waals surface area (Å²) < 4.78 is 109. The van der Waals surface area contributed by atoms with Crippen molar-refractivity contribution in [1.29, 1.82) is 0 Å². The molecule has 4 aromatic rings. The van der Waals surface area contributed by atoms with Crippen LogP contribution < -0.4 is 5.32 Å². The molecule has 1 aliphatic rings. The molecule has 0 spiro atoms. The number of nitrogens with one attached hydrogen (secondary N) is 1. The number of anilines is 1. The first-order valence-corrected chi connectivity index (χ1v) is 12.6. The third kappa shape index (κ3) is 5.31. The number of carbonyl (C=O) groups excluding carboxylic acids is 2. The number of benzene rings is 3. The van der Waals surface area contributed by atoms with Crippen molar-refractivity contribution in [3.8, 4) is 0 Å². The average Bonchev–Trinajstić information content (AvgIpc) is 3.31. The first kappa shape index (κ1) is 29.8. The van der Waals surface area contributed by atoms with Crippen molar-refractivity contribution >= 4 is 62.0 Å². The van der Waals surface area contributed by atoms with E-state index >= 15 is 0 Å². The minimum Gasteiger partial charge on any atom is -0.356 e. The topological polar surface area (TPSA) is 67.2 Å². The van der Waals surface area contributed by atoms with Crippen LogP contribution >= 0.6 is 23.2 Å². The van der Waals surface area contributed by atoms with E-state index in [1.807, 2.05) is 0 Å². The molecule has 2 amide bonds. The molecule has 0 aliphatic carbocycles. The second-order valence-corrected chi connectivity index (χ2v) is 10.3. The summed E-state index contributed by atoms with van der Waals surface area (Å²) in [5.41, 5.74) is -3.56. The predicted molar refractivity (Wildman–Crippen MR) is 135 cm³/mol. The maximum absolute atomic E-state index is 14.3. The molecular formula is C25H11Cl2F8N4O2Si. The fourth-order valence-electron chi connectivity index (χ4n) is 4.67.